The first-order chi connectivity index (χ1) is 10.5. The van der Waals surface area contributed by atoms with E-state index in [4.69, 9.17) is 4.74 Å². The number of rotatable bonds is 1. The lowest BCUT2D eigenvalue weighted by atomic mass is 9.55. The van der Waals surface area contributed by atoms with Crippen LogP contribution in [0, 0.1) is 17.3 Å². The Bertz CT molecular complexity index is 636. The second-order valence-electron chi connectivity index (χ2n) is 7.69. The Labute approximate surface area is 131 Å². The molecule has 2 fully saturated rings. The molecule has 1 aromatic carbocycles. The summed E-state index contributed by atoms with van der Waals surface area (Å²) >= 11 is 0. The number of ketones is 1. The van der Waals surface area contributed by atoms with Crippen LogP contribution in [-0.2, 0) is 11.2 Å². The molecule has 0 spiro atoms. The van der Waals surface area contributed by atoms with Crippen LogP contribution < -0.4 is 4.74 Å². The topological polar surface area (TPSA) is 46.5 Å². The summed E-state index contributed by atoms with van der Waals surface area (Å²) < 4.78 is 5.29. The lowest BCUT2D eigenvalue weighted by Crippen LogP contribution is -2.44. The summed E-state index contributed by atoms with van der Waals surface area (Å²) in [6.45, 7) is 2.39. The monoisotopic (exact) mass is 300 g/mol. The van der Waals surface area contributed by atoms with E-state index in [2.05, 4.69) is 6.92 Å². The van der Waals surface area contributed by atoms with Crippen molar-refractivity contribution in [2.24, 2.45) is 17.3 Å². The number of phenolic OH excluding ortho intramolecular Hbond substituents is 1. The van der Waals surface area contributed by atoms with Crippen molar-refractivity contribution in [3.8, 4) is 11.5 Å². The summed E-state index contributed by atoms with van der Waals surface area (Å²) in [6, 6.07) is 3.72. The van der Waals surface area contributed by atoms with Crippen LogP contribution in [0.1, 0.15) is 56.1 Å². The Morgan fingerprint density at radius 3 is 2.86 bits per heavy atom. The van der Waals surface area contributed by atoms with Gasteiger partial charge in [-0.15, -0.1) is 0 Å². The molecule has 0 aromatic heterocycles. The smallest absolute Gasteiger partial charge is 0.160 e. The lowest BCUT2D eigenvalue weighted by molar-refractivity contribution is -0.129. The first-order valence-electron chi connectivity index (χ1n) is 8.46. The van der Waals surface area contributed by atoms with E-state index in [0.717, 1.165) is 12.0 Å². The molecular weight excluding hydrogens is 276 g/mol. The van der Waals surface area contributed by atoms with Gasteiger partial charge in [-0.1, -0.05) is 13.3 Å². The first kappa shape index (κ1) is 14.1. The minimum atomic E-state index is 0.147. The van der Waals surface area contributed by atoms with Gasteiger partial charge in [0.1, 0.15) is 5.78 Å². The number of benzene rings is 1. The molecule has 0 heterocycles. The van der Waals surface area contributed by atoms with Gasteiger partial charge in [0.2, 0.25) is 0 Å². The highest BCUT2D eigenvalue weighted by molar-refractivity contribution is 5.87. The largest absolute Gasteiger partial charge is 0.504 e. The molecule has 3 heteroatoms. The third-order valence-corrected chi connectivity index (χ3v) is 6.63. The fourth-order valence-corrected chi connectivity index (χ4v) is 5.52. The molecule has 22 heavy (non-hydrogen) atoms. The molecule has 0 unspecified atom stereocenters. The summed E-state index contributed by atoms with van der Waals surface area (Å²) in [7, 11) is 1.59. The highest BCUT2D eigenvalue weighted by Crippen LogP contribution is 2.60. The Kier molecular flexibility index (Phi) is 3.04. The molecule has 0 aliphatic heterocycles. The summed E-state index contributed by atoms with van der Waals surface area (Å²) in [4.78, 5) is 12.8. The number of Topliss-reactive ketones (excluding diaryl/α,β-unsaturated/α-hetero) is 1. The van der Waals surface area contributed by atoms with Crippen molar-refractivity contribution in [1.29, 1.82) is 0 Å². The van der Waals surface area contributed by atoms with Crippen LogP contribution in [-0.4, -0.2) is 18.0 Å². The number of phenols is 1. The quantitative estimate of drug-likeness (QED) is 0.857. The average Bonchev–Trinajstić information content (AvgIpc) is 2.88. The predicted molar refractivity (Wildman–Crippen MR) is 84.3 cm³/mol. The summed E-state index contributed by atoms with van der Waals surface area (Å²) in [5, 5.41) is 10.0. The van der Waals surface area contributed by atoms with Crippen molar-refractivity contribution >= 4 is 5.78 Å². The number of hydrogen-bond acceptors (Lipinski definition) is 3. The van der Waals surface area contributed by atoms with Crippen LogP contribution in [0.3, 0.4) is 0 Å². The molecule has 4 rings (SSSR count). The number of aromatic hydroxyl groups is 1. The second kappa shape index (κ2) is 4.74. The first-order valence-corrected chi connectivity index (χ1v) is 8.46. The van der Waals surface area contributed by atoms with Crippen molar-refractivity contribution in [2.45, 2.75) is 51.4 Å². The zero-order chi connectivity index (χ0) is 15.5. The molecule has 3 nitrogen and oxygen atoms in total. The molecule has 0 bridgehead atoms. The number of methoxy groups -OCH3 is 1. The maximum Gasteiger partial charge on any atom is 0.160 e. The van der Waals surface area contributed by atoms with Crippen molar-refractivity contribution in [3.05, 3.63) is 23.3 Å². The zero-order valence-electron chi connectivity index (χ0n) is 13.4. The molecular formula is C19H24O3. The lowest BCUT2D eigenvalue weighted by Gasteiger charge is -2.48. The Hall–Kier alpha value is -1.51. The minimum absolute atomic E-state index is 0.147. The van der Waals surface area contributed by atoms with Crippen LogP contribution in [0.5, 0.6) is 11.5 Å². The third kappa shape index (κ3) is 1.84. The molecule has 2 saturated carbocycles. The van der Waals surface area contributed by atoms with Crippen molar-refractivity contribution in [1.82, 2.24) is 0 Å². The van der Waals surface area contributed by atoms with Crippen molar-refractivity contribution < 1.29 is 14.6 Å². The zero-order valence-corrected chi connectivity index (χ0v) is 13.4. The van der Waals surface area contributed by atoms with Gasteiger partial charge >= 0.3 is 0 Å². The van der Waals surface area contributed by atoms with Gasteiger partial charge in [0.15, 0.2) is 11.5 Å². The summed E-state index contributed by atoms with van der Waals surface area (Å²) in [5.41, 5.74) is 2.62. The molecule has 4 atom stereocenters. The van der Waals surface area contributed by atoms with E-state index in [1.54, 1.807) is 13.2 Å². The van der Waals surface area contributed by atoms with Gasteiger partial charge in [0.25, 0.3) is 0 Å². The summed E-state index contributed by atoms with van der Waals surface area (Å²) in [6.07, 6.45) is 6.52. The van der Waals surface area contributed by atoms with E-state index in [1.165, 1.54) is 31.2 Å². The minimum Gasteiger partial charge on any atom is -0.504 e. The molecule has 3 aliphatic rings. The number of hydrogen-bond donors (Lipinski definition) is 1. The standard InChI is InChI=1S/C19H24O3/c1-19-6-3-4-14(19)18-12(5-7-19)13-10-17(22-2)15(20)8-11(13)9-16(18)21/h8,10,12,14,18,20H,3-7,9H2,1-2H3/t12-,14+,18-,19+/m1/s1. The molecule has 0 amide bonds. The van der Waals surface area contributed by atoms with Crippen molar-refractivity contribution in [3.63, 3.8) is 0 Å². The van der Waals surface area contributed by atoms with Gasteiger partial charge < -0.3 is 9.84 Å². The van der Waals surface area contributed by atoms with Crippen LogP contribution in [0.25, 0.3) is 0 Å². The Balaban J connectivity index is 1.79. The molecule has 118 valence electrons. The molecule has 1 N–H and O–H groups in total. The highest BCUT2D eigenvalue weighted by atomic mass is 16.5. The molecule has 3 aliphatic carbocycles. The van der Waals surface area contributed by atoms with E-state index in [9.17, 15) is 9.90 Å². The summed E-state index contributed by atoms with van der Waals surface area (Å²) in [5.74, 6) is 2.12. The van der Waals surface area contributed by atoms with Gasteiger partial charge in [-0.25, -0.2) is 0 Å². The number of fused-ring (bicyclic) bond motifs is 5. The van der Waals surface area contributed by atoms with Gasteiger partial charge in [-0.3, -0.25) is 4.79 Å². The van der Waals surface area contributed by atoms with Gasteiger partial charge in [-0.2, -0.15) is 0 Å². The van der Waals surface area contributed by atoms with Gasteiger partial charge in [-0.05, 0) is 66.2 Å². The van der Waals surface area contributed by atoms with Crippen LogP contribution in [0.2, 0.25) is 0 Å². The number of carbonyl (C=O) groups is 1. The molecule has 1 aromatic rings. The number of ether oxygens (including phenoxy) is 1. The maximum absolute atomic E-state index is 12.8. The van der Waals surface area contributed by atoms with E-state index < -0.39 is 0 Å². The van der Waals surface area contributed by atoms with Crippen LogP contribution >= 0.6 is 0 Å². The Morgan fingerprint density at radius 1 is 1.27 bits per heavy atom. The van der Waals surface area contributed by atoms with Crippen molar-refractivity contribution in [2.75, 3.05) is 7.11 Å². The normalized spacial score (nSPS) is 36.5. The van der Waals surface area contributed by atoms with E-state index >= 15 is 0 Å². The predicted octanol–water partition coefficient (Wildman–Crippen LogP) is 3.83. The van der Waals surface area contributed by atoms with E-state index in [-0.39, 0.29) is 11.7 Å². The molecule has 0 radical (unpaired) electrons. The van der Waals surface area contributed by atoms with Gasteiger partial charge in [0.05, 0.1) is 7.11 Å². The molecule has 0 saturated heterocycles. The van der Waals surface area contributed by atoms with Crippen LogP contribution in [0.4, 0.5) is 0 Å². The second-order valence-corrected chi connectivity index (χ2v) is 7.69. The Morgan fingerprint density at radius 2 is 2.09 bits per heavy atom. The highest BCUT2D eigenvalue weighted by Gasteiger charge is 2.53. The van der Waals surface area contributed by atoms with Crippen LogP contribution in [0.15, 0.2) is 12.1 Å². The SMILES string of the molecule is COc1cc2c(cc1O)CC(=O)[C@@H]1[C@@H]2CC[C@]2(C)CCC[C@@H]12. The van der Waals surface area contributed by atoms with Gasteiger partial charge in [0, 0.05) is 12.3 Å². The average molecular weight is 300 g/mol. The fourth-order valence-electron chi connectivity index (χ4n) is 5.52. The van der Waals surface area contributed by atoms with E-state index in [1.807, 2.05) is 6.07 Å². The fraction of sp³-hybridized carbons (Fsp3) is 0.632. The number of carbonyl (C=O) groups excluding carboxylic acids is 1. The van der Waals surface area contributed by atoms with E-state index in [0.29, 0.717) is 35.2 Å². The third-order valence-electron chi connectivity index (χ3n) is 6.63. The maximum atomic E-state index is 12.8.